The Bertz CT molecular complexity index is 839. The van der Waals surface area contributed by atoms with Gasteiger partial charge in [-0.2, -0.15) is 0 Å². The Morgan fingerprint density at radius 1 is 1.10 bits per heavy atom. The van der Waals surface area contributed by atoms with Crippen molar-refractivity contribution < 1.29 is 14.3 Å². The Morgan fingerprint density at radius 3 is 2.40 bits per heavy atom. The third-order valence-electron chi connectivity index (χ3n) is 5.00. The highest BCUT2D eigenvalue weighted by Crippen LogP contribution is 2.17. The molecule has 0 aromatic heterocycles. The number of rotatable bonds is 10. The molecule has 0 radical (unpaired) electrons. The number of benzene rings is 2. The minimum atomic E-state index is -0.580. The molecule has 0 heterocycles. The summed E-state index contributed by atoms with van der Waals surface area (Å²) in [6.07, 6.45) is 1.33. The maximum atomic E-state index is 13.1. The highest BCUT2D eigenvalue weighted by atomic mass is 35.5. The number of hydrogen-bond acceptors (Lipinski definition) is 3. The monoisotopic (exact) mass is 430 g/mol. The average Bonchev–Trinajstić information content (AvgIpc) is 2.73. The summed E-state index contributed by atoms with van der Waals surface area (Å²) in [5.41, 5.74) is 1.95. The van der Waals surface area contributed by atoms with Gasteiger partial charge in [-0.05, 0) is 62.1 Å². The number of nitrogens with zero attached hydrogens (tertiary/aromatic N) is 1. The molecule has 0 aliphatic carbocycles. The molecule has 2 amide bonds. The van der Waals surface area contributed by atoms with E-state index in [0.29, 0.717) is 23.7 Å². The van der Waals surface area contributed by atoms with E-state index in [1.165, 1.54) is 0 Å². The average molecular weight is 431 g/mol. The maximum Gasteiger partial charge on any atom is 0.261 e. The lowest BCUT2D eigenvalue weighted by atomic mass is 10.1. The molecule has 0 saturated carbocycles. The first-order chi connectivity index (χ1) is 14.3. The lowest BCUT2D eigenvalue weighted by molar-refractivity contribution is -0.143. The van der Waals surface area contributed by atoms with E-state index in [2.05, 4.69) is 5.32 Å². The standard InChI is InChI=1S/C24H31ClN2O3/c1-5-18(4)26-24(29)22(6-2)27(15-19-10-12-20(25)13-11-19)23(28)16-30-21-9-7-8-17(3)14-21/h7-14,18,22H,5-6,15-16H2,1-4H3,(H,26,29)/t18-,22+/m0/s1. The van der Waals surface area contributed by atoms with Gasteiger partial charge < -0.3 is 15.0 Å². The van der Waals surface area contributed by atoms with E-state index in [1.807, 2.05) is 64.1 Å². The molecule has 0 aliphatic rings. The van der Waals surface area contributed by atoms with E-state index < -0.39 is 6.04 Å². The summed E-state index contributed by atoms with van der Waals surface area (Å²) in [5.74, 6) is 0.245. The van der Waals surface area contributed by atoms with Crippen molar-refractivity contribution in [3.8, 4) is 5.75 Å². The molecule has 2 aromatic rings. The number of hydrogen-bond donors (Lipinski definition) is 1. The van der Waals surface area contributed by atoms with Crippen molar-refractivity contribution in [2.45, 2.75) is 59.2 Å². The van der Waals surface area contributed by atoms with Crippen LogP contribution in [0.2, 0.25) is 5.02 Å². The predicted molar refractivity (Wildman–Crippen MR) is 121 cm³/mol. The smallest absolute Gasteiger partial charge is 0.261 e. The second-order valence-electron chi connectivity index (χ2n) is 7.50. The summed E-state index contributed by atoms with van der Waals surface area (Å²) < 4.78 is 5.72. The molecule has 6 heteroatoms. The van der Waals surface area contributed by atoms with Crippen LogP contribution < -0.4 is 10.1 Å². The van der Waals surface area contributed by atoms with Crippen LogP contribution in [0.4, 0.5) is 0 Å². The SMILES string of the molecule is CC[C@H](C(=O)N[C@@H](C)CC)N(Cc1ccc(Cl)cc1)C(=O)COc1cccc(C)c1. The number of carbonyl (C=O) groups excluding carboxylic acids is 2. The molecule has 2 aromatic carbocycles. The number of aryl methyl sites for hydroxylation is 1. The second kappa shape index (κ2) is 11.6. The van der Waals surface area contributed by atoms with E-state index in [0.717, 1.165) is 17.5 Å². The Labute approximate surface area is 184 Å². The fourth-order valence-corrected chi connectivity index (χ4v) is 3.21. The lowest BCUT2D eigenvalue weighted by Gasteiger charge is -2.31. The molecule has 2 atom stereocenters. The molecule has 0 saturated heterocycles. The topological polar surface area (TPSA) is 58.6 Å². The van der Waals surface area contributed by atoms with E-state index in [1.54, 1.807) is 17.0 Å². The van der Waals surface area contributed by atoms with Gasteiger partial charge in [-0.3, -0.25) is 9.59 Å². The zero-order chi connectivity index (χ0) is 22.1. The number of amides is 2. The largest absolute Gasteiger partial charge is 0.484 e. The first-order valence-corrected chi connectivity index (χ1v) is 10.8. The Morgan fingerprint density at radius 2 is 1.80 bits per heavy atom. The first-order valence-electron chi connectivity index (χ1n) is 10.4. The molecule has 0 bridgehead atoms. The van der Waals surface area contributed by atoms with E-state index in [4.69, 9.17) is 16.3 Å². The minimum Gasteiger partial charge on any atom is -0.484 e. The van der Waals surface area contributed by atoms with Crippen LogP contribution in [0.15, 0.2) is 48.5 Å². The van der Waals surface area contributed by atoms with Gasteiger partial charge in [-0.15, -0.1) is 0 Å². The van der Waals surface area contributed by atoms with Gasteiger partial charge in [-0.25, -0.2) is 0 Å². The van der Waals surface area contributed by atoms with Gasteiger partial charge in [0, 0.05) is 17.6 Å². The third kappa shape index (κ3) is 7.06. The molecule has 162 valence electrons. The van der Waals surface area contributed by atoms with Crippen LogP contribution in [0.25, 0.3) is 0 Å². The molecule has 0 spiro atoms. The van der Waals surface area contributed by atoms with Crippen LogP contribution in [0.3, 0.4) is 0 Å². The normalized spacial score (nSPS) is 12.7. The highest BCUT2D eigenvalue weighted by molar-refractivity contribution is 6.30. The number of ether oxygens (including phenoxy) is 1. The molecule has 5 nitrogen and oxygen atoms in total. The summed E-state index contributed by atoms with van der Waals surface area (Å²) in [7, 11) is 0. The van der Waals surface area contributed by atoms with Crippen molar-refractivity contribution in [3.05, 3.63) is 64.7 Å². The van der Waals surface area contributed by atoms with Gasteiger partial charge in [0.05, 0.1) is 0 Å². The highest BCUT2D eigenvalue weighted by Gasteiger charge is 2.29. The van der Waals surface area contributed by atoms with Crippen LogP contribution in [0, 0.1) is 6.92 Å². The van der Waals surface area contributed by atoms with Crippen LogP contribution >= 0.6 is 11.6 Å². The molecule has 1 N–H and O–H groups in total. The minimum absolute atomic E-state index is 0.0441. The summed E-state index contributed by atoms with van der Waals surface area (Å²) in [6, 6.07) is 14.3. The van der Waals surface area contributed by atoms with Crippen molar-refractivity contribution in [1.29, 1.82) is 0 Å². The van der Waals surface area contributed by atoms with E-state index >= 15 is 0 Å². The molecule has 0 fully saturated rings. The Kier molecular flexibility index (Phi) is 9.18. The van der Waals surface area contributed by atoms with E-state index in [9.17, 15) is 9.59 Å². The number of nitrogens with one attached hydrogen (secondary N) is 1. The molecule has 2 rings (SSSR count). The van der Waals surface area contributed by atoms with E-state index in [-0.39, 0.29) is 24.5 Å². The van der Waals surface area contributed by atoms with Crippen LogP contribution in [-0.2, 0) is 16.1 Å². The summed E-state index contributed by atoms with van der Waals surface area (Å²) in [6.45, 7) is 8.01. The molecular formula is C24H31ClN2O3. The number of carbonyl (C=O) groups is 2. The van der Waals surface area contributed by atoms with Crippen molar-refractivity contribution in [2.75, 3.05) is 6.61 Å². The zero-order valence-corrected chi connectivity index (χ0v) is 18.9. The Hall–Kier alpha value is -2.53. The van der Waals surface area contributed by atoms with Crippen molar-refractivity contribution >= 4 is 23.4 Å². The van der Waals surface area contributed by atoms with Crippen LogP contribution in [0.5, 0.6) is 5.75 Å². The van der Waals surface area contributed by atoms with Gasteiger partial charge >= 0.3 is 0 Å². The predicted octanol–water partition coefficient (Wildman–Crippen LogP) is 4.75. The molecule has 0 aliphatic heterocycles. The van der Waals surface area contributed by atoms with Gasteiger partial charge in [0.2, 0.25) is 5.91 Å². The summed E-state index contributed by atoms with van der Waals surface area (Å²) in [5, 5.41) is 3.62. The quantitative estimate of drug-likeness (QED) is 0.591. The van der Waals surface area contributed by atoms with Gasteiger partial charge in [0.15, 0.2) is 6.61 Å². The fraction of sp³-hybridized carbons (Fsp3) is 0.417. The molecular weight excluding hydrogens is 400 g/mol. The maximum absolute atomic E-state index is 13.1. The first kappa shape index (κ1) is 23.7. The lowest BCUT2D eigenvalue weighted by Crippen LogP contribution is -2.51. The van der Waals surface area contributed by atoms with Gasteiger partial charge in [0.25, 0.3) is 5.91 Å². The van der Waals surface area contributed by atoms with Gasteiger partial charge in [-0.1, -0.05) is 49.7 Å². The second-order valence-corrected chi connectivity index (χ2v) is 7.93. The molecule has 30 heavy (non-hydrogen) atoms. The number of halogens is 1. The van der Waals surface area contributed by atoms with Crippen LogP contribution in [-0.4, -0.2) is 35.4 Å². The Balaban J connectivity index is 2.20. The van der Waals surface area contributed by atoms with Crippen molar-refractivity contribution in [2.24, 2.45) is 0 Å². The zero-order valence-electron chi connectivity index (χ0n) is 18.2. The fourth-order valence-electron chi connectivity index (χ4n) is 3.08. The summed E-state index contributed by atoms with van der Waals surface area (Å²) in [4.78, 5) is 27.6. The third-order valence-corrected chi connectivity index (χ3v) is 5.26. The van der Waals surface area contributed by atoms with Crippen LogP contribution in [0.1, 0.15) is 44.7 Å². The van der Waals surface area contributed by atoms with Gasteiger partial charge in [0.1, 0.15) is 11.8 Å². The molecule has 0 unspecified atom stereocenters. The van der Waals surface area contributed by atoms with Crippen molar-refractivity contribution in [1.82, 2.24) is 10.2 Å². The van der Waals surface area contributed by atoms with Crippen molar-refractivity contribution in [3.63, 3.8) is 0 Å². The summed E-state index contributed by atoms with van der Waals surface area (Å²) >= 11 is 5.99.